The van der Waals surface area contributed by atoms with Crippen molar-refractivity contribution in [3.63, 3.8) is 0 Å². The number of carbonyl (C=O) groups is 2. The van der Waals surface area contributed by atoms with Gasteiger partial charge in [0.2, 0.25) is 0 Å². The number of nitrogens with zero attached hydrogens (tertiary/aromatic N) is 3. The van der Waals surface area contributed by atoms with E-state index < -0.39 is 5.97 Å². The van der Waals surface area contributed by atoms with Gasteiger partial charge in [-0.25, -0.2) is 4.79 Å². The zero-order chi connectivity index (χ0) is 23.5. The lowest BCUT2D eigenvalue weighted by atomic mass is 9.96. The van der Waals surface area contributed by atoms with Gasteiger partial charge in [0.05, 0.1) is 13.2 Å². The highest BCUT2D eigenvalue weighted by molar-refractivity contribution is 6.30. The first-order valence-corrected chi connectivity index (χ1v) is 11.2. The third kappa shape index (κ3) is 4.90. The minimum atomic E-state index is -0.638. The molecular weight excluding hydrogens is 465 g/mol. The van der Waals surface area contributed by atoms with Crippen LogP contribution in [-0.4, -0.2) is 60.1 Å². The fourth-order valence-corrected chi connectivity index (χ4v) is 4.35. The van der Waals surface area contributed by atoms with Gasteiger partial charge in [-0.05, 0) is 42.3 Å². The molecule has 2 heterocycles. The minimum absolute atomic E-state index is 0.0141. The quantitative estimate of drug-likeness (QED) is 0.488. The van der Waals surface area contributed by atoms with Crippen molar-refractivity contribution in [3.05, 3.63) is 86.7 Å². The van der Waals surface area contributed by atoms with Crippen molar-refractivity contribution in [2.24, 2.45) is 0 Å². The van der Waals surface area contributed by atoms with E-state index in [9.17, 15) is 9.59 Å². The number of amides is 1. The Balaban J connectivity index is 1.54. The van der Waals surface area contributed by atoms with Crippen LogP contribution in [0, 0.1) is 6.92 Å². The molecule has 1 aliphatic rings. The Morgan fingerprint density at radius 2 is 1.45 bits per heavy atom. The van der Waals surface area contributed by atoms with Crippen LogP contribution in [0.5, 0.6) is 0 Å². The standard InChI is InChI=1S/C24H23Cl2N3O4/c1-15-20(24(31)32-2)21(27-33-15)23(30)29-13-11-28(12-14-29)22(16-3-7-18(25)8-4-16)17-5-9-19(26)10-6-17/h3-10,22H,11-14H2,1-2H3. The molecule has 9 heteroatoms. The number of rotatable bonds is 5. The molecule has 33 heavy (non-hydrogen) atoms. The van der Waals surface area contributed by atoms with Gasteiger partial charge in [0.25, 0.3) is 5.91 Å². The summed E-state index contributed by atoms with van der Waals surface area (Å²) in [6.07, 6.45) is 0. The molecule has 0 radical (unpaired) electrons. The molecule has 0 atom stereocenters. The molecule has 7 nitrogen and oxygen atoms in total. The second kappa shape index (κ2) is 9.95. The van der Waals surface area contributed by atoms with Crippen LogP contribution < -0.4 is 0 Å². The number of esters is 1. The number of halogens is 2. The maximum Gasteiger partial charge on any atom is 0.343 e. The summed E-state index contributed by atoms with van der Waals surface area (Å²) in [6.45, 7) is 3.79. The summed E-state index contributed by atoms with van der Waals surface area (Å²) in [4.78, 5) is 29.2. The van der Waals surface area contributed by atoms with E-state index in [1.165, 1.54) is 7.11 Å². The largest absolute Gasteiger partial charge is 0.465 e. The van der Waals surface area contributed by atoms with Gasteiger partial charge < -0.3 is 14.2 Å². The summed E-state index contributed by atoms with van der Waals surface area (Å²) in [5.41, 5.74) is 2.26. The van der Waals surface area contributed by atoms with Crippen molar-refractivity contribution >= 4 is 35.1 Å². The number of carbonyl (C=O) groups excluding carboxylic acids is 2. The summed E-state index contributed by atoms with van der Waals surface area (Å²) in [5, 5.41) is 5.17. The van der Waals surface area contributed by atoms with E-state index in [-0.39, 0.29) is 29.0 Å². The number of piperazine rings is 1. The number of methoxy groups -OCH3 is 1. The number of aryl methyl sites for hydroxylation is 1. The van der Waals surface area contributed by atoms with Crippen LogP contribution in [0.15, 0.2) is 53.1 Å². The predicted octanol–water partition coefficient (Wildman–Crippen LogP) is 4.62. The zero-order valence-corrected chi connectivity index (χ0v) is 19.8. The molecule has 1 saturated heterocycles. The van der Waals surface area contributed by atoms with Crippen LogP contribution in [0.1, 0.15) is 43.8 Å². The van der Waals surface area contributed by atoms with Gasteiger partial charge in [-0.3, -0.25) is 9.69 Å². The Hall–Kier alpha value is -2.87. The average molecular weight is 488 g/mol. The fraction of sp³-hybridized carbons (Fsp3) is 0.292. The van der Waals surface area contributed by atoms with E-state index in [0.29, 0.717) is 36.2 Å². The third-order valence-electron chi connectivity index (χ3n) is 5.79. The lowest BCUT2D eigenvalue weighted by Gasteiger charge is -2.39. The smallest absolute Gasteiger partial charge is 0.343 e. The summed E-state index contributed by atoms with van der Waals surface area (Å²) in [6, 6.07) is 15.5. The van der Waals surface area contributed by atoms with E-state index in [2.05, 4.69) is 10.1 Å². The molecule has 1 aliphatic heterocycles. The van der Waals surface area contributed by atoms with Crippen LogP contribution >= 0.6 is 23.2 Å². The number of hydrogen-bond acceptors (Lipinski definition) is 6. The van der Waals surface area contributed by atoms with E-state index >= 15 is 0 Å². The van der Waals surface area contributed by atoms with Gasteiger partial charge in [-0.1, -0.05) is 52.6 Å². The van der Waals surface area contributed by atoms with Gasteiger partial charge in [0, 0.05) is 36.2 Å². The van der Waals surface area contributed by atoms with Crippen LogP contribution in [-0.2, 0) is 4.74 Å². The SMILES string of the molecule is COC(=O)c1c(C(=O)N2CCN(C(c3ccc(Cl)cc3)c3ccc(Cl)cc3)CC2)noc1C. The van der Waals surface area contributed by atoms with Crippen molar-refractivity contribution in [1.29, 1.82) is 0 Å². The van der Waals surface area contributed by atoms with E-state index in [1.807, 2.05) is 48.5 Å². The summed E-state index contributed by atoms with van der Waals surface area (Å²) in [5.74, 6) is -0.725. The van der Waals surface area contributed by atoms with E-state index in [4.69, 9.17) is 32.5 Å². The molecular formula is C24H23Cl2N3O4. The first-order chi connectivity index (χ1) is 15.9. The Morgan fingerprint density at radius 1 is 0.939 bits per heavy atom. The van der Waals surface area contributed by atoms with Gasteiger partial charge in [0.15, 0.2) is 5.69 Å². The highest BCUT2D eigenvalue weighted by Crippen LogP contribution is 2.31. The van der Waals surface area contributed by atoms with Crippen LogP contribution in [0.3, 0.4) is 0 Å². The first kappa shape index (κ1) is 23.3. The topological polar surface area (TPSA) is 75.9 Å². The average Bonchev–Trinajstić information content (AvgIpc) is 3.22. The Kier molecular flexibility index (Phi) is 7.02. The van der Waals surface area contributed by atoms with Crippen LogP contribution in [0.4, 0.5) is 0 Å². The molecule has 2 aromatic carbocycles. The summed E-state index contributed by atoms with van der Waals surface area (Å²) >= 11 is 12.2. The highest BCUT2D eigenvalue weighted by atomic mass is 35.5. The lowest BCUT2D eigenvalue weighted by Crippen LogP contribution is -2.50. The Labute approximate surface area is 201 Å². The summed E-state index contributed by atoms with van der Waals surface area (Å²) < 4.78 is 9.87. The molecule has 0 N–H and O–H groups in total. The maximum absolute atomic E-state index is 13.1. The number of aromatic nitrogens is 1. The third-order valence-corrected chi connectivity index (χ3v) is 6.30. The Bertz CT molecular complexity index is 1090. The van der Waals surface area contributed by atoms with Crippen molar-refractivity contribution in [2.75, 3.05) is 33.3 Å². The zero-order valence-electron chi connectivity index (χ0n) is 18.3. The molecule has 0 spiro atoms. The van der Waals surface area contributed by atoms with E-state index in [0.717, 1.165) is 11.1 Å². The van der Waals surface area contributed by atoms with E-state index in [1.54, 1.807) is 11.8 Å². The Morgan fingerprint density at radius 3 is 1.94 bits per heavy atom. The van der Waals surface area contributed by atoms with Crippen LogP contribution in [0.2, 0.25) is 10.0 Å². The predicted molar refractivity (Wildman–Crippen MR) is 125 cm³/mol. The molecule has 3 aromatic rings. The second-order valence-electron chi connectivity index (χ2n) is 7.79. The van der Waals surface area contributed by atoms with Crippen molar-refractivity contribution < 1.29 is 18.8 Å². The monoisotopic (exact) mass is 487 g/mol. The minimum Gasteiger partial charge on any atom is -0.465 e. The van der Waals surface area contributed by atoms with Gasteiger partial charge >= 0.3 is 5.97 Å². The molecule has 172 valence electrons. The van der Waals surface area contributed by atoms with Crippen molar-refractivity contribution in [2.45, 2.75) is 13.0 Å². The maximum atomic E-state index is 13.1. The lowest BCUT2D eigenvalue weighted by molar-refractivity contribution is 0.0554. The summed E-state index contributed by atoms with van der Waals surface area (Å²) in [7, 11) is 1.26. The highest BCUT2D eigenvalue weighted by Gasteiger charge is 2.33. The molecule has 0 aliphatic carbocycles. The molecule has 1 amide bonds. The molecule has 1 fully saturated rings. The van der Waals surface area contributed by atoms with Crippen molar-refractivity contribution in [1.82, 2.24) is 15.0 Å². The fourth-order valence-electron chi connectivity index (χ4n) is 4.10. The molecule has 4 rings (SSSR count). The normalized spacial score (nSPS) is 14.5. The molecule has 1 aromatic heterocycles. The van der Waals surface area contributed by atoms with Crippen molar-refractivity contribution in [3.8, 4) is 0 Å². The van der Waals surface area contributed by atoms with Gasteiger partial charge in [0.1, 0.15) is 11.3 Å². The molecule has 0 unspecified atom stereocenters. The number of ether oxygens (including phenoxy) is 1. The number of benzene rings is 2. The number of hydrogen-bond donors (Lipinski definition) is 0. The molecule has 0 bridgehead atoms. The van der Waals surface area contributed by atoms with Crippen LogP contribution in [0.25, 0.3) is 0 Å². The molecule has 0 saturated carbocycles. The first-order valence-electron chi connectivity index (χ1n) is 10.5. The second-order valence-corrected chi connectivity index (χ2v) is 8.66. The van der Waals surface area contributed by atoms with Gasteiger partial charge in [-0.2, -0.15) is 0 Å². The van der Waals surface area contributed by atoms with Gasteiger partial charge in [-0.15, -0.1) is 0 Å².